The van der Waals surface area contributed by atoms with Gasteiger partial charge < -0.3 is 10.0 Å². The molecule has 0 radical (unpaired) electrons. The summed E-state index contributed by atoms with van der Waals surface area (Å²) in [6.45, 7) is 2.56. The number of aliphatic hydroxyl groups is 1. The van der Waals surface area contributed by atoms with Gasteiger partial charge in [-0.2, -0.15) is 5.10 Å². The van der Waals surface area contributed by atoms with E-state index in [0.29, 0.717) is 0 Å². The first-order chi connectivity index (χ1) is 7.74. The van der Waals surface area contributed by atoms with Gasteiger partial charge in [-0.3, -0.25) is 4.79 Å². The quantitative estimate of drug-likeness (QED) is 0.773. The first kappa shape index (κ1) is 11.1. The van der Waals surface area contributed by atoms with Crippen molar-refractivity contribution in [1.29, 1.82) is 0 Å². The summed E-state index contributed by atoms with van der Waals surface area (Å²) in [5.74, 6) is 0.00190. The van der Waals surface area contributed by atoms with Crippen molar-refractivity contribution < 1.29 is 9.90 Å². The van der Waals surface area contributed by atoms with E-state index in [1.807, 2.05) is 0 Å². The van der Waals surface area contributed by atoms with Gasteiger partial charge in [-0.05, 0) is 19.8 Å². The molecule has 0 saturated carbocycles. The van der Waals surface area contributed by atoms with Gasteiger partial charge in [0.25, 0.3) is 0 Å². The van der Waals surface area contributed by atoms with Gasteiger partial charge >= 0.3 is 0 Å². The van der Waals surface area contributed by atoms with E-state index < -0.39 is 0 Å². The highest BCUT2D eigenvalue weighted by molar-refractivity contribution is 5.80. The van der Waals surface area contributed by atoms with Crippen molar-refractivity contribution in [2.24, 2.45) is 0 Å². The number of likely N-dealkylation sites (tertiary alicyclic amines) is 1. The Hall–Kier alpha value is -1.43. The summed E-state index contributed by atoms with van der Waals surface area (Å²) < 4.78 is 1.54. The van der Waals surface area contributed by atoms with Gasteiger partial charge in [0.05, 0.1) is 12.6 Å². The van der Waals surface area contributed by atoms with Gasteiger partial charge in [-0.15, -0.1) is 0 Å². The molecule has 1 aromatic rings. The summed E-state index contributed by atoms with van der Waals surface area (Å²) in [5, 5.41) is 13.1. The Morgan fingerprint density at radius 3 is 3.12 bits per heavy atom. The van der Waals surface area contributed by atoms with Gasteiger partial charge in [-0.1, -0.05) is 0 Å². The van der Waals surface area contributed by atoms with Crippen molar-refractivity contribution in [3.63, 3.8) is 0 Å². The highest BCUT2D eigenvalue weighted by Gasteiger charge is 2.31. The van der Waals surface area contributed by atoms with E-state index >= 15 is 0 Å². The molecule has 1 unspecified atom stereocenters. The number of aromatic nitrogens is 3. The predicted molar refractivity (Wildman–Crippen MR) is 56.6 cm³/mol. The lowest BCUT2D eigenvalue weighted by molar-refractivity contribution is -0.136. The van der Waals surface area contributed by atoms with Crippen LogP contribution in [0.25, 0.3) is 0 Å². The summed E-state index contributed by atoms with van der Waals surface area (Å²) in [5.41, 5.74) is 0. The van der Waals surface area contributed by atoms with E-state index in [1.165, 1.54) is 17.3 Å². The maximum absolute atomic E-state index is 12.1. The van der Waals surface area contributed by atoms with Gasteiger partial charge in [0.1, 0.15) is 18.7 Å². The molecule has 1 fully saturated rings. The Morgan fingerprint density at radius 1 is 1.69 bits per heavy atom. The molecule has 16 heavy (non-hydrogen) atoms. The van der Waals surface area contributed by atoms with Crippen LogP contribution in [0.2, 0.25) is 0 Å². The Morgan fingerprint density at radius 2 is 2.50 bits per heavy atom. The molecular weight excluding hydrogens is 208 g/mol. The fourth-order valence-electron chi connectivity index (χ4n) is 2.09. The molecule has 6 heteroatoms. The number of rotatable bonds is 3. The van der Waals surface area contributed by atoms with Crippen molar-refractivity contribution in [3.05, 3.63) is 12.7 Å². The lowest BCUT2D eigenvalue weighted by Crippen LogP contribution is -2.41. The van der Waals surface area contributed by atoms with Gasteiger partial charge in [0.2, 0.25) is 5.91 Å². The average molecular weight is 224 g/mol. The second kappa shape index (κ2) is 4.61. The molecule has 0 aromatic carbocycles. The summed E-state index contributed by atoms with van der Waals surface area (Å²) in [6, 6.07) is -0.381. The van der Waals surface area contributed by atoms with Gasteiger partial charge in [0.15, 0.2) is 0 Å². The molecule has 1 N–H and O–H groups in total. The minimum atomic E-state index is -0.352. The molecule has 2 atom stereocenters. The summed E-state index contributed by atoms with van der Waals surface area (Å²) in [4.78, 5) is 17.7. The van der Waals surface area contributed by atoms with Crippen molar-refractivity contribution >= 4 is 5.91 Å². The van der Waals surface area contributed by atoms with Crippen LogP contribution >= 0.6 is 0 Å². The number of hydrogen-bond acceptors (Lipinski definition) is 4. The van der Waals surface area contributed by atoms with Crippen LogP contribution in [0.3, 0.4) is 0 Å². The first-order valence-corrected chi connectivity index (χ1v) is 5.49. The second-order valence-electron chi connectivity index (χ2n) is 4.06. The second-order valence-corrected chi connectivity index (χ2v) is 4.06. The maximum Gasteiger partial charge on any atom is 0.247 e. The normalized spacial score (nSPS) is 22.4. The van der Waals surface area contributed by atoms with Crippen LogP contribution in [0.5, 0.6) is 0 Å². The topological polar surface area (TPSA) is 71.2 Å². The monoisotopic (exact) mass is 224 g/mol. The number of carbonyl (C=O) groups is 1. The van der Waals surface area contributed by atoms with Crippen LogP contribution in [0.15, 0.2) is 12.7 Å². The molecule has 0 bridgehead atoms. The Balaban J connectivity index is 2.07. The summed E-state index contributed by atoms with van der Waals surface area (Å²) in [6.07, 6.45) is 4.79. The van der Waals surface area contributed by atoms with Gasteiger partial charge in [-0.25, -0.2) is 9.67 Å². The van der Waals surface area contributed by atoms with E-state index in [2.05, 4.69) is 10.1 Å². The molecule has 1 aliphatic rings. The van der Waals surface area contributed by atoms with Crippen LogP contribution in [0.1, 0.15) is 25.8 Å². The molecule has 1 aromatic heterocycles. The smallest absolute Gasteiger partial charge is 0.247 e. The molecule has 6 nitrogen and oxygen atoms in total. The van der Waals surface area contributed by atoms with E-state index in [4.69, 9.17) is 5.11 Å². The molecular formula is C10H16N4O2. The summed E-state index contributed by atoms with van der Waals surface area (Å²) >= 11 is 0. The lowest BCUT2D eigenvalue weighted by Gasteiger charge is -2.26. The number of amides is 1. The fraction of sp³-hybridized carbons (Fsp3) is 0.700. The Kier molecular flexibility index (Phi) is 3.19. The minimum absolute atomic E-state index is 0.00190. The number of aliphatic hydroxyl groups excluding tert-OH is 1. The van der Waals surface area contributed by atoms with Crippen molar-refractivity contribution in [3.8, 4) is 0 Å². The zero-order chi connectivity index (χ0) is 11.5. The van der Waals surface area contributed by atoms with E-state index in [0.717, 1.165) is 19.4 Å². The molecule has 0 spiro atoms. The third-order valence-corrected chi connectivity index (χ3v) is 3.06. The molecule has 0 aliphatic carbocycles. The van der Waals surface area contributed by atoms with E-state index in [-0.39, 0.29) is 24.6 Å². The number of hydrogen-bond donors (Lipinski definition) is 1. The standard InChI is InChI=1S/C10H16N4O2/c1-8(14-7-11-6-12-14)10(16)13-4-2-3-9(13)5-15/h6-9,15H,2-5H2,1H3/t8?,9-/m0/s1. The molecule has 88 valence electrons. The molecule has 1 saturated heterocycles. The highest BCUT2D eigenvalue weighted by Crippen LogP contribution is 2.20. The Bertz CT molecular complexity index is 352. The molecule has 1 amide bonds. The van der Waals surface area contributed by atoms with Crippen LogP contribution in [0, 0.1) is 0 Å². The number of nitrogens with zero attached hydrogens (tertiary/aromatic N) is 4. The fourth-order valence-corrected chi connectivity index (χ4v) is 2.09. The van der Waals surface area contributed by atoms with Gasteiger partial charge in [0, 0.05) is 6.54 Å². The molecule has 2 rings (SSSR count). The van der Waals surface area contributed by atoms with Crippen molar-refractivity contribution in [2.75, 3.05) is 13.2 Å². The van der Waals surface area contributed by atoms with E-state index in [9.17, 15) is 4.79 Å². The van der Waals surface area contributed by atoms with Crippen LogP contribution in [-0.4, -0.2) is 49.9 Å². The highest BCUT2D eigenvalue weighted by atomic mass is 16.3. The van der Waals surface area contributed by atoms with Crippen LogP contribution in [-0.2, 0) is 4.79 Å². The minimum Gasteiger partial charge on any atom is -0.394 e. The summed E-state index contributed by atoms with van der Waals surface area (Å²) in [7, 11) is 0. The molecule has 1 aliphatic heterocycles. The van der Waals surface area contributed by atoms with E-state index in [1.54, 1.807) is 11.8 Å². The van der Waals surface area contributed by atoms with Crippen molar-refractivity contribution in [2.45, 2.75) is 31.8 Å². The zero-order valence-electron chi connectivity index (χ0n) is 9.28. The maximum atomic E-state index is 12.1. The number of carbonyl (C=O) groups excluding carboxylic acids is 1. The lowest BCUT2D eigenvalue weighted by atomic mass is 10.2. The largest absolute Gasteiger partial charge is 0.394 e. The third kappa shape index (κ3) is 1.92. The SMILES string of the molecule is CC(C(=O)N1CCC[C@H]1CO)n1cncn1. The van der Waals surface area contributed by atoms with Crippen LogP contribution in [0.4, 0.5) is 0 Å². The zero-order valence-corrected chi connectivity index (χ0v) is 9.28. The molecule has 2 heterocycles. The van der Waals surface area contributed by atoms with Crippen LogP contribution < -0.4 is 0 Å². The first-order valence-electron chi connectivity index (χ1n) is 5.49. The third-order valence-electron chi connectivity index (χ3n) is 3.06. The van der Waals surface area contributed by atoms with Crippen molar-refractivity contribution in [1.82, 2.24) is 19.7 Å². The average Bonchev–Trinajstić information content (AvgIpc) is 2.97. The Labute approximate surface area is 93.9 Å². The predicted octanol–water partition coefficient (Wildman–Crippen LogP) is -0.178.